The first-order chi connectivity index (χ1) is 13.4. The van der Waals surface area contributed by atoms with Gasteiger partial charge < -0.3 is 14.8 Å². The lowest BCUT2D eigenvalue weighted by atomic mass is 10.1. The maximum absolute atomic E-state index is 12.9. The molecule has 28 heavy (non-hydrogen) atoms. The highest BCUT2D eigenvalue weighted by atomic mass is 32.1. The lowest BCUT2D eigenvalue weighted by molar-refractivity contribution is 0.0943. The lowest BCUT2D eigenvalue weighted by Crippen LogP contribution is -2.43. The number of ether oxygens (including phenoxy) is 2. The van der Waals surface area contributed by atoms with Crippen molar-refractivity contribution < 1.29 is 18.7 Å². The van der Waals surface area contributed by atoms with E-state index in [1.54, 1.807) is 18.2 Å². The molecule has 1 amide bonds. The standard InChI is InChI=1S/C20H24FN3O3S/c1-13(2)10-11-27-17-9-4-14(12-18(17)26-3)19(25)23-24-20(28)22-16-7-5-15(21)6-8-16/h4-9,12-13H,10-11H2,1-3H3,(H,23,25)(H2,22,24,28). The molecule has 0 spiro atoms. The van der Waals surface area contributed by atoms with Crippen LogP contribution in [0.5, 0.6) is 11.5 Å². The first kappa shape index (κ1) is 21.4. The summed E-state index contributed by atoms with van der Waals surface area (Å²) in [7, 11) is 1.52. The molecule has 0 aliphatic rings. The fourth-order valence-electron chi connectivity index (χ4n) is 2.21. The van der Waals surface area contributed by atoms with Gasteiger partial charge in [-0.25, -0.2) is 4.39 Å². The summed E-state index contributed by atoms with van der Waals surface area (Å²) in [5.41, 5.74) is 6.07. The van der Waals surface area contributed by atoms with Gasteiger partial charge in [0.05, 0.1) is 13.7 Å². The highest BCUT2D eigenvalue weighted by Crippen LogP contribution is 2.28. The molecule has 0 heterocycles. The highest BCUT2D eigenvalue weighted by Gasteiger charge is 2.12. The number of thiocarbonyl (C=S) groups is 1. The molecule has 0 bridgehead atoms. The third kappa shape index (κ3) is 6.70. The Morgan fingerprint density at radius 2 is 1.82 bits per heavy atom. The maximum atomic E-state index is 12.9. The summed E-state index contributed by atoms with van der Waals surface area (Å²) in [5.74, 6) is 0.859. The van der Waals surface area contributed by atoms with Crippen molar-refractivity contribution in [1.29, 1.82) is 0 Å². The Bertz CT molecular complexity index is 813. The Balaban J connectivity index is 1.90. The molecule has 0 saturated carbocycles. The van der Waals surface area contributed by atoms with Crippen LogP contribution in [0.2, 0.25) is 0 Å². The van der Waals surface area contributed by atoms with Crippen molar-refractivity contribution in [2.24, 2.45) is 5.92 Å². The van der Waals surface area contributed by atoms with E-state index >= 15 is 0 Å². The molecular weight excluding hydrogens is 381 g/mol. The molecule has 0 saturated heterocycles. The Morgan fingerprint density at radius 3 is 2.46 bits per heavy atom. The van der Waals surface area contributed by atoms with Crippen LogP contribution in [-0.2, 0) is 0 Å². The summed E-state index contributed by atoms with van der Waals surface area (Å²) in [6.45, 7) is 4.82. The molecule has 0 fully saturated rings. The van der Waals surface area contributed by atoms with Crippen LogP contribution in [-0.4, -0.2) is 24.7 Å². The van der Waals surface area contributed by atoms with Gasteiger partial charge in [0.1, 0.15) is 5.82 Å². The molecule has 6 nitrogen and oxygen atoms in total. The van der Waals surface area contributed by atoms with Crippen molar-refractivity contribution in [2.75, 3.05) is 19.0 Å². The number of rotatable bonds is 7. The van der Waals surface area contributed by atoms with Crippen LogP contribution >= 0.6 is 12.2 Å². The van der Waals surface area contributed by atoms with Gasteiger partial charge in [-0.05, 0) is 67.0 Å². The van der Waals surface area contributed by atoms with E-state index in [0.29, 0.717) is 35.3 Å². The topological polar surface area (TPSA) is 71.6 Å². The van der Waals surface area contributed by atoms with Crippen LogP contribution in [0.25, 0.3) is 0 Å². The van der Waals surface area contributed by atoms with Gasteiger partial charge in [-0.3, -0.25) is 15.6 Å². The van der Waals surface area contributed by atoms with Crippen LogP contribution in [0.4, 0.5) is 10.1 Å². The van der Waals surface area contributed by atoms with E-state index in [0.717, 1.165) is 6.42 Å². The number of hydrogen-bond acceptors (Lipinski definition) is 4. The number of benzene rings is 2. The van der Waals surface area contributed by atoms with E-state index < -0.39 is 5.91 Å². The van der Waals surface area contributed by atoms with E-state index in [1.807, 2.05) is 0 Å². The zero-order chi connectivity index (χ0) is 20.5. The molecule has 0 radical (unpaired) electrons. The van der Waals surface area contributed by atoms with E-state index in [9.17, 15) is 9.18 Å². The van der Waals surface area contributed by atoms with Crippen molar-refractivity contribution >= 4 is 28.9 Å². The highest BCUT2D eigenvalue weighted by molar-refractivity contribution is 7.80. The predicted molar refractivity (Wildman–Crippen MR) is 111 cm³/mol. The first-order valence-electron chi connectivity index (χ1n) is 8.82. The smallest absolute Gasteiger partial charge is 0.269 e. The third-order valence-corrected chi connectivity index (χ3v) is 3.97. The molecule has 2 aromatic carbocycles. The second-order valence-corrected chi connectivity index (χ2v) is 6.85. The molecule has 2 aromatic rings. The van der Waals surface area contributed by atoms with Gasteiger partial charge in [-0.2, -0.15) is 0 Å². The van der Waals surface area contributed by atoms with Crippen LogP contribution < -0.4 is 25.6 Å². The van der Waals surface area contributed by atoms with Crippen molar-refractivity contribution in [3.8, 4) is 11.5 Å². The van der Waals surface area contributed by atoms with E-state index in [-0.39, 0.29) is 10.9 Å². The molecule has 0 aromatic heterocycles. The van der Waals surface area contributed by atoms with Crippen molar-refractivity contribution in [3.05, 3.63) is 53.8 Å². The largest absolute Gasteiger partial charge is 0.493 e. The molecule has 0 atom stereocenters. The van der Waals surface area contributed by atoms with Gasteiger partial charge in [-0.1, -0.05) is 13.8 Å². The summed E-state index contributed by atoms with van der Waals surface area (Å²) >= 11 is 5.10. The average molecular weight is 405 g/mol. The predicted octanol–water partition coefficient (Wildman–Crippen LogP) is 3.89. The van der Waals surface area contributed by atoms with E-state index in [1.165, 1.54) is 31.4 Å². The minimum absolute atomic E-state index is 0.167. The number of carbonyl (C=O) groups is 1. The van der Waals surface area contributed by atoms with Gasteiger partial charge in [0, 0.05) is 11.3 Å². The molecular formula is C20H24FN3O3S. The zero-order valence-electron chi connectivity index (χ0n) is 16.0. The Hall–Kier alpha value is -2.87. The Labute approximate surface area is 169 Å². The number of anilines is 1. The summed E-state index contributed by atoms with van der Waals surface area (Å²) in [4.78, 5) is 12.3. The fraction of sp³-hybridized carbons (Fsp3) is 0.300. The maximum Gasteiger partial charge on any atom is 0.269 e. The number of nitrogens with one attached hydrogen (secondary N) is 3. The minimum atomic E-state index is -0.393. The number of methoxy groups -OCH3 is 1. The molecule has 3 N–H and O–H groups in total. The van der Waals surface area contributed by atoms with Crippen molar-refractivity contribution in [2.45, 2.75) is 20.3 Å². The molecule has 150 valence electrons. The van der Waals surface area contributed by atoms with Crippen molar-refractivity contribution in [1.82, 2.24) is 10.9 Å². The second-order valence-electron chi connectivity index (χ2n) is 6.44. The van der Waals surface area contributed by atoms with Gasteiger partial charge in [-0.15, -0.1) is 0 Å². The SMILES string of the molecule is COc1cc(C(=O)NNC(=S)Nc2ccc(F)cc2)ccc1OCCC(C)C. The van der Waals surface area contributed by atoms with Gasteiger partial charge in [0.25, 0.3) is 5.91 Å². The quantitative estimate of drug-likeness (QED) is 0.480. The fourth-order valence-corrected chi connectivity index (χ4v) is 2.38. The second kappa shape index (κ2) is 10.5. The molecule has 0 unspecified atom stereocenters. The molecule has 8 heteroatoms. The van der Waals surface area contributed by atoms with Gasteiger partial charge in [0.15, 0.2) is 16.6 Å². The van der Waals surface area contributed by atoms with E-state index in [4.69, 9.17) is 21.7 Å². The minimum Gasteiger partial charge on any atom is -0.493 e. The van der Waals surface area contributed by atoms with Gasteiger partial charge in [0.2, 0.25) is 0 Å². The lowest BCUT2D eigenvalue weighted by Gasteiger charge is -2.14. The van der Waals surface area contributed by atoms with Crippen LogP contribution in [0.1, 0.15) is 30.6 Å². The zero-order valence-corrected chi connectivity index (χ0v) is 16.9. The number of halogens is 1. The number of hydrazine groups is 1. The van der Waals surface area contributed by atoms with E-state index in [2.05, 4.69) is 30.0 Å². The molecule has 0 aliphatic heterocycles. The van der Waals surface area contributed by atoms with Gasteiger partial charge >= 0.3 is 0 Å². The van der Waals surface area contributed by atoms with Crippen LogP contribution in [0.3, 0.4) is 0 Å². The molecule has 0 aliphatic carbocycles. The summed E-state index contributed by atoms with van der Waals surface area (Å²) in [6, 6.07) is 10.6. The Morgan fingerprint density at radius 1 is 1.11 bits per heavy atom. The summed E-state index contributed by atoms with van der Waals surface area (Å²) in [6.07, 6.45) is 0.924. The monoisotopic (exact) mass is 405 g/mol. The summed E-state index contributed by atoms with van der Waals surface area (Å²) in [5, 5.41) is 3.00. The third-order valence-electron chi connectivity index (χ3n) is 3.77. The van der Waals surface area contributed by atoms with Crippen molar-refractivity contribution in [3.63, 3.8) is 0 Å². The average Bonchev–Trinajstić information content (AvgIpc) is 2.67. The number of amides is 1. The van der Waals surface area contributed by atoms with Crippen LogP contribution in [0, 0.1) is 11.7 Å². The number of hydrogen-bond donors (Lipinski definition) is 3. The normalized spacial score (nSPS) is 10.3. The Kier molecular flexibility index (Phi) is 8.01. The van der Waals surface area contributed by atoms with Crippen LogP contribution in [0.15, 0.2) is 42.5 Å². The first-order valence-corrected chi connectivity index (χ1v) is 9.23. The summed E-state index contributed by atoms with van der Waals surface area (Å²) < 4.78 is 23.9. The molecule has 2 rings (SSSR count). The number of carbonyl (C=O) groups excluding carboxylic acids is 1.